The number of imidazole rings is 1. The van der Waals surface area contributed by atoms with Gasteiger partial charge in [-0.15, -0.1) is 0 Å². The lowest BCUT2D eigenvalue weighted by Gasteiger charge is -2.22. The van der Waals surface area contributed by atoms with Crippen LogP contribution >= 0.6 is 0 Å². The Hall–Kier alpha value is -2.37. The number of benzene rings is 1. The van der Waals surface area contributed by atoms with Gasteiger partial charge in [0.2, 0.25) is 11.8 Å². The van der Waals surface area contributed by atoms with Crippen molar-refractivity contribution in [3.8, 4) is 0 Å². The van der Waals surface area contributed by atoms with E-state index in [1.54, 1.807) is 11.6 Å². The predicted molar refractivity (Wildman–Crippen MR) is 82.7 cm³/mol. The van der Waals surface area contributed by atoms with Gasteiger partial charge in [0.05, 0.1) is 11.0 Å². The van der Waals surface area contributed by atoms with E-state index in [1.807, 2.05) is 18.2 Å². The number of rotatable bonds is 2. The number of fused-ring (bicyclic) bond motifs is 1. The second-order valence-corrected chi connectivity index (χ2v) is 6.05. The summed E-state index contributed by atoms with van der Waals surface area (Å²) in [6, 6.07) is 5.13. The fraction of sp³-hybridized carbons (Fsp3) is 0.438. The molecule has 22 heavy (non-hydrogen) atoms. The Balaban J connectivity index is 2.25. The number of carbonyl (C=O) groups excluding carboxylic acids is 2. The molecule has 0 bridgehead atoms. The summed E-state index contributed by atoms with van der Waals surface area (Å²) in [5.41, 5.74) is 2.45. The van der Waals surface area contributed by atoms with Crippen molar-refractivity contribution in [1.29, 1.82) is 0 Å². The van der Waals surface area contributed by atoms with Gasteiger partial charge in [0.1, 0.15) is 6.04 Å². The van der Waals surface area contributed by atoms with Gasteiger partial charge < -0.3 is 0 Å². The van der Waals surface area contributed by atoms with Crippen LogP contribution in [0.4, 0.5) is 0 Å². The number of nitrogens with zero attached hydrogens (tertiary/aromatic N) is 2. The molecule has 2 heterocycles. The SMILES string of the molecule is CC(C)c1cccc2c1n(C)c(=O)n2C1CCC(=O)NC1=O. The third kappa shape index (κ3) is 2.06. The van der Waals surface area contributed by atoms with Crippen LogP contribution in [-0.2, 0) is 16.6 Å². The lowest BCUT2D eigenvalue weighted by atomic mass is 10.0. The molecule has 1 aromatic carbocycles. The molecule has 2 amide bonds. The topological polar surface area (TPSA) is 73.1 Å². The minimum absolute atomic E-state index is 0.224. The van der Waals surface area contributed by atoms with E-state index in [1.165, 1.54) is 4.57 Å². The fourth-order valence-electron chi connectivity index (χ4n) is 3.16. The van der Waals surface area contributed by atoms with E-state index >= 15 is 0 Å². The number of nitrogens with one attached hydrogen (secondary N) is 1. The number of piperidine rings is 1. The highest BCUT2D eigenvalue weighted by Crippen LogP contribution is 2.28. The first-order valence-corrected chi connectivity index (χ1v) is 7.45. The molecule has 3 rings (SSSR count). The van der Waals surface area contributed by atoms with Gasteiger partial charge in [0.25, 0.3) is 0 Å². The first-order valence-electron chi connectivity index (χ1n) is 7.45. The number of para-hydroxylation sites is 1. The second-order valence-electron chi connectivity index (χ2n) is 6.05. The van der Waals surface area contributed by atoms with Crippen LogP contribution < -0.4 is 11.0 Å². The standard InChI is InChI=1S/C16H19N3O3/c1-9(2)10-5-4-6-11-14(10)18(3)16(22)19(11)12-7-8-13(20)17-15(12)21/h4-6,9,12H,7-8H2,1-3H3,(H,17,20,21). The zero-order valence-corrected chi connectivity index (χ0v) is 12.9. The van der Waals surface area contributed by atoms with E-state index < -0.39 is 11.9 Å². The molecule has 2 aromatic rings. The van der Waals surface area contributed by atoms with Crippen molar-refractivity contribution in [2.45, 2.75) is 38.6 Å². The molecule has 0 radical (unpaired) electrons. The quantitative estimate of drug-likeness (QED) is 0.853. The van der Waals surface area contributed by atoms with Crippen molar-refractivity contribution in [2.75, 3.05) is 0 Å². The molecular weight excluding hydrogens is 282 g/mol. The molecule has 6 heteroatoms. The average Bonchev–Trinajstić information content (AvgIpc) is 2.72. The van der Waals surface area contributed by atoms with Crippen LogP contribution in [-0.4, -0.2) is 20.9 Å². The Labute approximate surface area is 127 Å². The van der Waals surface area contributed by atoms with Crippen molar-refractivity contribution in [2.24, 2.45) is 7.05 Å². The van der Waals surface area contributed by atoms with Crippen LogP contribution in [0.25, 0.3) is 11.0 Å². The fourth-order valence-corrected chi connectivity index (χ4v) is 3.16. The van der Waals surface area contributed by atoms with Crippen molar-refractivity contribution < 1.29 is 9.59 Å². The van der Waals surface area contributed by atoms with E-state index in [2.05, 4.69) is 19.2 Å². The molecule has 1 aliphatic rings. The molecule has 1 aromatic heterocycles. The minimum Gasteiger partial charge on any atom is -0.295 e. The van der Waals surface area contributed by atoms with E-state index in [0.29, 0.717) is 6.42 Å². The molecule has 6 nitrogen and oxygen atoms in total. The van der Waals surface area contributed by atoms with E-state index in [4.69, 9.17) is 0 Å². The third-order valence-corrected chi connectivity index (χ3v) is 4.28. The van der Waals surface area contributed by atoms with Gasteiger partial charge in [-0.05, 0) is 24.0 Å². The number of hydrogen-bond donors (Lipinski definition) is 1. The van der Waals surface area contributed by atoms with Crippen molar-refractivity contribution >= 4 is 22.8 Å². The molecule has 1 fully saturated rings. The molecule has 1 N–H and O–H groups in total. The summed E-state index contributed by atoms with van der Waals surface area (Å²) in [7, 11) is 1.72. The number of hydrogen-bond acceptors (Lipinski definition) is 3. The summed E-state index contributed by atoms with van der Waals surface area (Å²) in [4.78, 5) is 36.1. The van der Waals surface area contributed by atoms with E-state index in [-0.39, 0.29) is 23.9 Å². The van der Waals surface area contributed by atoms with Crippen LogP contribution in [0.15, 0.2) is 23.0 Å². The van der Waals surface area contributed by atoms with Crippen LogP contribution in [0.5, 0.6) is 0 Å². The Morgan fingerprint density at radius 2 is 1.95 bits per heavy atom. The third-order valence-electron chi connectivity index (χ3n) is 4.28. The van der Waals surface area contributed by atoms with Crippen LogP contribution in [0.3, 0.4) is 0 Å². The summed E-state index contributed by atoms with van der Waals surface area (Å²) >= 11 is 0. The van der Waals surface area contributed by atoms with E-state index in [9.17, 15) is 14.4 Å². The molecule has 1 unspecified atom stereocenters. The van der Waals surface area contributed by atoms with Crippen molar-refractivity contribution in [3.05, 3.63) is 34.2 Å². The number of carbonyl (C=O) groups is 2. The normalized spacial score (nSPS) is 19.0. The first kappa shape index (κ1) is 14.6. The summed E-state index contributed by atoms with van der Waals surface area (Å²) in [6.07, 6.45) is 0.610. The summed E-state index contributed by atoms with van der Waals surface area (Å²) in [6.45, 7) is 4.14. The van der Waals surface area contributed by atoms with Crippen LogP contribution in [0, 0.1) is 0 Å². The maximum atomic E-state index is 12.7. The van der Waals surface area contributed by atoms with Gasteiger partial charge >= 0.3 is 5.69 Å². The molecular formula is C16H19N3O3. The molecule has 0 spiro atoms. The number of aryl methyl sites for hydroxylation is 1. The Morgan fingerprint density at radius 3 is 2.59 bits per heavy atom. The zero-order valence-electron chi connectivity index (χ0n) is 12.9. The van der Waals surface area contributed by atoms with Crippen LogP contribution in [0.2, 0.25) is 0 Å². The Morgan fingerprint density at radius 1 is 1.23 bits per heavy atom. The summed E-state index contributed by atoms with van der Waals surface area (Å²) in [5.74, 6) is -0.412. The van der Waals surface area contributed by atoms with Crippen molar-refractivity contribution in [1.82, 2.24) is 14.5 Å². The second kappa shape index (κ2) is 5.12. The van der Waals surface area contributed by atoms with Gasteiger partial charge in [-0.2, -0.15) is 0 Å². The van der Waals surface area contributed by atoms with Gasteiger partial charge in [-0.25, -0.2) is 4.79 Å². The first-order chi connectivity index (χ1) is 10.4. The smallest absolute Gasteiger partial charge is 0.295 e. The molecule has 0 saturated carbocycles. The van der Waals surface area contributed by atoms with Gasteiger partial charge in [-0.1, -0.05) is 26.0 Å². The van der Waals surface area contributed by atoms with Gasteiger partial charge in [0.15, 0.2) is 0 Å². The summed E-state index contributed by atoms with van der Waals surface area (Å²) < 4.78 is 3.11. The molecule has 116 valence electrons. The lowest BCUT2D eigenvalue weighted by molar-refractivity contribution is -0.135. The highest BCUT2D eigenvalue weighted by atomic mass is 16.2. The maximum Gasteiger partial charge on any atom is 0.329 e. The monoisotopic (exact) mass is 301 g/mol. The highest BCUT2D eigenvalue weighted by molar-refractivity contribution is 6.00. The molecule has 1 aliphatic heterocycles. The maximum absolute atomic E-state index is 12.7. The van der Waals surface area contributed by atoms with Gasteiger partial charge in [-0.3, -0.25) is 24.0 Å². The van der Waals surface area contributed by atoms with Crippen molar-refractivity contribution in [3.63, 3.8) is 0 Å². The molecule has 1 saturated heterocycles. The largest absolute Gasteiger partial charge is 0.329 e. The Kier molecular flexibility index (Phi) is 3.39. The van der Waals surface area contributed by atoms with Crippen LogP contribution in [0.1, 0.15) is 44.2 Å². The highest BCUT2D eigenvalue weighted by Gasteiger charge is 2.31. The number of amides is 2. The average molecular weight is 301 g/mol. The minimum atomic E-state index is -0.628. The van der Waals surface area contributed by atoms with E-state index in [0.717, 1.165) is 16.6 Å². The Bertz CT molecular complexity index is 829. The summed E-state index contributed by atoms with van der Waals surface area (Å²) in [5, 5.41) is 2.32. The molecule has 1 atom stereocenters. The molecule has 0 aliphatic carbocycles. The number of imide groups is 1. The predicted octanol–water partition coefficient (Wildman–Crippen LogP) is 1.44. The zero-order chi connectivity index (χ0) is 16.0. The lowest BCUT2D eigenvalue weighted by Crippen LogP contribution is -2.44. The van der Waals surface area contributed by atoms with Gasteiger partial charge in [0, 0.05) is 13.5 Å². The number of aromatic nitrogens is 2.